The van der Waals surface area contributed by atoms with E-state index in [0.29, 0.717) is 12.4 Å². The van der Waals surface area contributed by atoms with Crippen molar-refractivity contribution in [3.8, 4) is 11.5 Å². The summed E-state index contributed by atoms with van der Waals surface area (Å²) in [6.45, 7) is 0.318. The Bertz CT molecular complexity index is 305. The summed E-state index contributed by atoms with van der Waals surface area (Å²) < 4.78 is 14.8. The number of methoxy groups -OCH3 is 2. The van der Waals surface area contributed by atoms with Crippen LogP contribution in [-0.4, -0.2) is 26.8 Å². The number of esters is 1. The van der Waals surface area contributed by atoms with Gasteiger partial charge in [-0.2, -0.15) is 0 Å². The Morgan fingerprint density at radius 1 is 1.13 bits per heavy atom. The van der Waals surface area contributed by atoms with Crippen LogP contribution >= 0.6 is 0 Å². The van der Waals surface area contributed by atoms with Crippen molar-refractivity contribution < 1.29 is 19.0 Å². The van der Waals surface area contributed by atoms with Crippen molar-refractivity contribution in [3.63, 3.8) is 0 Å². The van der Waals surface area contributed by atoms with Crippen LogP contribution in [0.1, 0.15) is 6.42 Å². The molecule has 0 aromatic heterocycles. The number of carbonyl (C=O) groups excluding carboxylic acids is 1. The second kappa shape index (κ2) is 5.90. The maximum Gasteiger partial charge on any atom is 0.308 e. The number of benzene rings is 1. The Balaban J connectivity index is 2.34. The second-order valence-electron chi connectivity index (χ2n) is 2.85. The summed E-state index contributed by atoms with van der Waals surface area (Å²) >= 11 is 0. The van der Waals surface area contributed by atoms with Crippen LogP contribution in [0.4, 0.5) is 0 Å². The maximum atomic E-state index is 10.8. The average molecular weight is 210 g/mol. The fourth-order valence-corrected chi connectivity index (χ4v) is 1.03. The smallest absolute Gasteiger partial charge is 0.308 e. The van der Waals surface area contributed by atoms with E-state index in [1.165, 1.54) is 7.11 Å². The third kappa shape index (κ3) is 3.89. The van der Waals surface area contributed by atoms with E-state index in [9.17, 15) is 4.79 Å². The second-order valence-corrected chi connectivity index (χ2v) is 2.85. The Hall–Kier alpha value is -1.71. The summed E-state index contributed by atoms with van der Waals surface area (Å²) in [4.78, 5) is 10.8. The molecule has 0 bridgehead atoms. The van der Waals surface area contributed by atoms with Crippen LogP contribution in [0.25, 0.3) is 0 Å². The van der Waals surface area contributed by atoms with E-state index in [1.54, 1.807) is 31.4 Å². The van der Waals surface area contributed by atoms with Gasteiger partial charge in [0.2, 0.25) is 0 Å². The SMILES string of the molecule is COC(=O)CCOc1ccc(OC)cc1. The topological polar surface area (TPSA) is 44.8 Å². The Kier molecular flexibility index (Phi) is 4.47. The summed E-state index contributed by atoms with van der Waals surface area (Å²) in [5, 5.41) is 0. The quantitative estimate of drug-likeness (QED) is 0.693. The zero-order valence-corrected chi connectivity index (χ0v) is 8.86. The summed E-state index contributed by atoms with van der Waals surface area (Å²) in [6, 6.07) is 7.17. The van der Waals surface area contributed by atoms with Gasteiger partial charge in [-0.25, -0.2) is 0 Å². The monoisotopic (exact) mass is 210 g/mol. The molecule has 82 valence electrons. The molecule has 1 aromatic carbocycles. The lowest BCUT2D eigenvalue weighted by atomic mass is 10.3. The first-order chi connectivity index (χ1) is 7.26. The first-order valence-corrected chi connectivity index (χ1v) is 4.60. The van der Waals surface area contributed by atoms with Crippen molar-refractivity contribution in [1.82, 2.24) is 0 Å². The summed E-state index contributed by atoms with van der Waals surface area (Å²) in [5.41, 5.74) is 0. The third-order valence-electron chi connectivity index (χ3n) is 1.86. The molecule has 0 saturated heterocycles. The molecule has 0 spiro atoms. The van der Waals surface area contributed by atoms with Gasteiger partial charge in [-0.1, -0.05) is 0 Å². The largest absolute Gasteiger partial charge is 0.497 e. The van der Waals surface area contributed by atoms with Gasteiger partial charge < -0.3 is 14.2 Å². The van der Waals surface area contributed by atoms with E-state index in [1.807, 2.05) is 0 Å². The summed E-state index contributed by atoms with van der Waals surface area (Å²) in [6.07, 6.45) is 0.253. The lowest BCUT2D eigenvalue weighted by molar-refractivity contribution is -0.141. The molecule has 0 saturated carbocycles. The first kappa shape index (κ1) is 11.4. The van der Waals surface area contributed by atoms with Crippen LogP contribution < -0.4 is 9.47 Å². The third-order valence-corrected chi connectivity index (χ3v) is 1.86. The number of hydrogen-bond donors (Lipinski definition) is 0. The van der Waals surface area contributed by atoms with E-state index >= 15 is 0 Å². The molecule has 4 nitrogen and oxygen atoms in total. The van der Waals surface area contributed by atoms with E-state index in [0.717, 1.165) is 5.75 Å². The molecule has 4 heteroatoms. The molecule has 0 N–H and O–H groups in total. The molecule has 0 radical (unpaired) electrons. The molecule has 0 fully saturated rings. The van der Waals surface area contributed by atoms with Gasteiger partial charge in [-0.05, 0) is 24.3 Å². The van der Waals surface area contributed by atoms with Crippen molar-refractivity contribution in [3.05, 3.63) is 24.3 Å². The van der Waals surface area contributed by atoms with Gasteiger partial charge in [0.05, 0.1) is 27.2 Å². The fourth-order valence-electron chi connectivity index (χ4n) is 1.03. The standard InChI is InChI=1S/C11H14O4/c1-13-9-3-5-10(6-4-9)15-8-7-11(12)14-2/h3-6H,7-8H2,1-2H3. The van der Waals surface area contributed by atoms with E-state index in [-0.39, 0.29) is 12.4 Å². The predicted molar refractivity (Wildman–Crippen MR) is 55.1 cm³/mol. The molecule has 15 heavy (non-hydrogen) atoms. The van der Waals surface area contributed by atoms with Crippen LogP contribution in [0, 0.1) is 0 Å². The van der Waals surface area contributed by atoms with Gasteiger partial charge in [0, 0.05) is 0 Å². The van der Waals surface area contributed by atoms with Gasteiger partial charge in [0.15, 0.2) is 0 Å². The molecule has 0 unspecified atom stereocenters. The lowest BCUT2D eigenvalue weighted by Crippen LogP contribution is -2.07. The van der Waals surface area contributed by atoms with Crippen LogP contribution in [0.2, 0.25) is 0 Å². The summed E-state index contributed by atoms with van der Waals surface area (Å²) in [7, 11) is 2.96. The Morgan fingerprint density at radius 3 is 2.27 bits per heavy atom. The van der Waals surface area contributed by atoms with E-state index in [4.69, 9.17) is 9.47 Å². The number of rotatable bonds is 5. The zero-order chi connectivity index (χ0) is 11.1. The van der Waals surface area contributed by atoms with Crippen molar-refractivity contribution in [2.24, 2.45) is 0 Å². The van der Waals surface area contributed by atoms with E-state index in [2.05, 4.69) is 4.74 Å². The lowest BCUT2D eigenvalue weighted by Gasteiger charge is -2.05. The number of carbonyl (C=O) groups is 1. The average Bonchev–Trinajstić information content (AvgIpc) is 2.29. The minimum absolute atomic E-state index is 0.253. The highest BCUT2D eigenvalue weighted by atomic mass is 16.5. The highest BCUT2D eigenvalue weighted by Gasteiger charge is 2.00. The Labute approximate surface area is 88.8 Å². The van der Waals surface area contributed by atoms with Crippen molar-refractivity contribution in [2.45, 2.75) is 6.42 Å². The zero-order valence-electron chi connectivity index (χ0n) is 8.86. The highest BCUT2D eigenvalue weighted by Crippen LogP contribution is 2.16. The van der Waals surface area contributed by atoms with Crippen LogP contribution in [-0.2, 0) is 9.53 Å². The molecule has 1 rings (SSSR count). The number of ether oxygens (including phenoxy) is 3. The molecule has 0 aliphatic carbocycles. The van der Waals surface area contributed by atoms with Crippen LogP contribution in [0.5, 0.6) is 11.5 Å². The molecular formula is C11H14O4. The molecule has 1 aromatic rings. The summed E-state index contributed by atoms with van der Waals surface area (Å²) in [5.74, 6) is 1.21. The molecular weight excluding hydrogens is 196 g/mol. The van der Waals surface area contributed by atoms with Crippen LogP contribution in [0.15, 0.2) is 24.3 Å². The minimum Gasteiger partial charge on any atom is -0.497 e. The van der Waals surface area contributed by atoms with Crippen molar-refractivity contribution >= 4 is 5.97 Å². The van der Waals surface area contributed by atoms with Gasteiger partial charge in [-0.15, -0.1) is 0 Å². The molecule has 0 aliphatic heterocycles. The first-order valence-electron chi connectivity index (χ1n) is 4.60. The van der Waals surface area contributed by atoms with E-state index < -0.39 is 0 Å². The predicted octanol–water partition coefficient (Wildman–Crippen LogP) is 1.64. The Morgan fingerprint density at radius 2 is 1.73 bits per heavy atom. The van der Waals surface area contributed by atoms with Crippen LogP contribution in [0.3, 0.4) is 0 Å². The van der Waals surface area contributed by atoms with Crippen molar-refractivity contribution in [1.29, 1.82) is 0 Å². The normalized spacial score (nSPS) is 9.47. The fraction of sp³-hybridized carbons (Fsp3) is 0.364. The highest BCUT2D eigenvalue weighted by molar-refractivity contribution is 5.69. The van der Waals surface area contributed by atoms with Crippen molar-refractivity contribution in [2.75, 3.05) is 20.8 Å². The van der Waals surface area contributed by atoms with Gasteiger partial charge in [0.1, 0.15) is 11.5 Å². The molecule has 0 atom stereocenters. The van der Waals surface area contributed by atoms with Gasteiger partial charge >= 0.3 is 5.97 Å². The maximum absolute atomic E-state index is 10.8. The number of hydrogen-bond acceptors (Lipinski definition) is 4. The minimum atomic E-state index is -0.275. The molecule has 0 heterocycles. The molecule has 0 amide bonds. The molecule has 0 aliphatic rings. The van der Waals surface area contributed by atoms with Gasteiger partial charge in [0.25, 0.3) is 0 Å². The van der Waals surface area contributed by atoms with Gasteiger partial charge in [-0.3, -0.25) is 4.79 Å².